The van der Waals surface area contributed by atoms with E-state index in [2.05, 4.69) is 12.2 Å². The summed E-state index contributed by atoms with van der Waals surface area (Å²) in [6.07, 6.45) is 0.904. The van der Waals surface area contributed by atoms with Crippen molar-refractivity contribution < 1.29 is 19.0 Å². The van der Waals surface area contributed by atoms with Crippen molar-refractivity contribution in [3.63, 3.8) is 0 Å². The Morgan fingerprint density at radius 1 is 1.09 bits per heavy atom. The number of rotatable bonds is 9. The van der Waals surface area contributed by atoms with Crippen molar-refractivity contribution in [2.24, 2.45) is 0 Å². The topological polar surface area (TPSA) is 60.0 Å². The second-order valence-electron chi connectivity index (χ2n) is 7.42. The molecule has 6 nitrogen and oxygen atoms in total. The molecule has 3 rings (SSSR count). The molecule has 1 heterocycles. The van der Waals surface area contributed by atoms with Crippen molar-refractivity contribution in [3.05, 3.63) is 64.9 Å². The summed E-state index contributed by atoms with van der Waals surface area (Å²) in [4.78, 5) is 15.7. The molecule has 2 aromatic rings. The van der Waals surface area contributed by atoms with E-state index in [0.717, 1.165) is 24.2 Å². The molecule has 1 N–H and O–H groups in total. The van der Waals surface area contributed by atoms with Gasteiger partial charge in [-0.05, 0) is 50.2 Å². The van der Waals surface area contributed by atoms with Gasteiger partial charge in [0.1, 0.15) is 0 Å². The molecular weight excluding hydrogens is 424 g/mol. The third-order valence-electron chi connectivity index (χ3n) is 5.43. The molecule has 0 aromatic heterocycles. The van der Waals surface area contributed by atoms with Crippen LogP contribution in [-0.2, 0) is 0 Å². The number of allylic oxidation sites excluding steroid dienone is 1. The molecule has 0 radical (unpaired) electrons. The third-order valence-corrected chi connectivity index (χ3v) is 5.77. The number of nitrogens with zero attached hydrogens (tertiary/aromatic N) is 1. The fourth-order valence-corrected chi connectivity index (χ4v) is 4.26. The Hall–Kier alpha value is -3.06. The quantitative estimate of drug-likeness (QED) is 0.427. The Kier molecular flexibility index (Phi) is 7.75. The predicted octanol–water partition coefficient (Wildman–Crippen LogP) is 4.90. The first kappa shape index (κ1) is 23.6. The van der Waals surface area contributed by atoms with Gasteiger partial charge in [-0.2, -0.15) is 0 Å². The normalized spacial score (nSPS) is 16.0. The van der Waals surface area contributed by atoms with Crippen molar-refractivity contribution in [2.75, 3.05) is 27.4 Å². The van der Waals surface area contributed by atoms with Gasteiger partial charge in [-0.25, -0.2) is 0 Å². The molecule has 0 amide bonds. The number of Topliss-reactive ketones (excluding diaryl/α,β-unsaturated/α-hetero) is 1. The van der Waals surface area contributed by atoms with Crippen LogP contribution in [0.15, 0.2) is 53.7 Å². The van der Waals surface area contributed by atoms with Gasteiger partial charge in [0, 0.05) is 23.4 Å². The van der Waals surface area contributed by atoms with E-state index in [1.807, 2.05) is 61.2 Å². The maximum absolute atomic E-state index is 13.7. The number of methoxy groups -OCH3 is 2. The third kappa shape index (κ3) is 4.58. The Morgan fingerprint density at radius 2 is 1.72 bits per heavy atom. The van der Waals surface area contributed by atoms with Gasteiger partial charge < -0.3 is 24.4 Å². The van der Waals surface area contributed by atoms with Crippen LogP contribution in [0.2, 0.25) is 0 Å². The predicted molar refractivity (Wildman–Crippen MR) is 130 cm³/mol. The Balaban J connectivity index is 2.19. The fourth-order valence-electron chi connectivity index (χ4n) is 3.92. The summed E-state index contributed by atoms with van der Waals surface area (Å²) in [5.74, 6) is 1.56. The minimum atomic E-state index is -0.457. The number of hydrogen-bond donors (Lipinski definition) is 1. The first-order valence-electron chi connectivity index (χ1n) is 10.7. The summed E-state index contributed by atoms with van der Waals surface area (Å²) in [6.45, 7) is 7.14. The Labute approximate surface area is 195 Å². The van der Waals surface area contributed by atoms with Gasteiger partial charge in [0.05, 0.1) is 26.9 Å². The molecule has 0 saturated heterocycles. The average molecular weight is 455 g/mol. The second-order valence-corrected chi connectivity index (χ2v) is 7.80. The smallest absolute Gasteiger partial charge is 0.203 e. The number of hydrogen-bond acceptors (Lipinski definition) is 5. The molecule has 0 spiro atoms. The van der Waals surface area contributed by atoms with E-state index in [4.69, 9.17) is 26.4 Å². The van der Waals surface area contributed by atoms with E-state index >= 15 is 0 Å². The Morgan fingerprint density at radius 3 is 2.25 bits per heavy atom. The van der Waals surface area contributed by atoms with Crippen LogP contribution in [0.1, 0.15) is 49.2 Å². The monoisotopic (exact) mass is 454 g/mol. The zero-order valence-electron chi connectivity index (χ0n) is 19.2. The first-order valence-corrected chi connectivity index (χ1v) is 11.1. The van der Waals surface area contributed by atoms with Crippen molar-refractivity contribution >= 4 is 23.1 Å². The van der Waals surface area contributed by atoms with Crippen LogP contribution in [0.3, 0.4) is 0 Å². The van der Waals surface area contributed by atoms with Crippen molar-refractivity contribution in [1.82, 2.24) is 10.2 Å². The van der Waals surface area contributed by atoms with Crippen molar-refractivity contribution in [2.45, 2.75) is 33.2 Å². The van der Waals surface area contributed by atoms with E-state index in [1.54, 1.807) is 14.2 Å². The number of nitrogens with one attached hydrogen (secondary N) is 1. The van der Waals surface area contributed by atoms with E-state index in [1.165, 1.54) is 0 Å². The fraction of sp³-hybridized carbons (Fsp3) is 0.360. The minimum absolute atomic E-state index is 0.0454. The minimum Gasteiger partial charge on any atom is -0.493 e. The summed E-state index contributed by atoms with van der Waals surface area (Å²) in [6, 6.07) is 12.6. The van der Waals surface area contributed by atoms with Gasteiger partial charge in [-0.1, -0.05) is 37.3 Å². The highest BCUT2D eigenvalue weighted by Crippen LogP contribution is 2.43. The van der Waals surface area contributed by atoms with Crippen LogP contribution in [0, 0.1) is 0 Å². The number of ether oxygens (including phenoxy) is 3. The van der Waals surface area contributed by atoms with Crippen LogP contribution in [0.4, 0.5) is 0 Å². The molecule has 7 heteroatoms. The molecule has 1 aliphatic rings. The summed E-state index contributed by atoms with van der Waals surface area (Å²) >= 11 is 5.67. The maximum atomic E-state index is 13.7. The van der Waals surface area contributed by atoms with Gasteiger partial charge in [-0.3, -0.25) is 4.79 Å². The SMILES string of the molecule is CCCN1C(=S)NC(c2cc(OC)c(OCC)c(OC)c2)C(C(=O)c2ccccc2)=C1C. The van der Waals surface area contributed by atoms with E-state index < -0.39 is 6.04 Å². The summed E-state index contributed by atoms with van der Waals surface area (Å²) in [5.41, 5.74) is 2.93. The summed E-state index contributed by atoms with van der Waals surface area (Å²) in [7, 11) is 3.17. The standard InChI is InChI=1S/C25H30N2O4S/c1-6-13-27-16(3)21(23(28)17-11-9-8-10-12-17)22(26-25(27)32)18-14-19(29-4)24(31-7-2)20(15-18)30-5/h8-12,14-15,22H,6-7,13H2,1-5H3,(H,26,32). The van der Waals surface area contributed by atoms with Gasteiger partial charge in [0.2, 0.25) is 5.75 Å². The van der Waals surface area contributed by atoms with E-state index in [-0.39, 0.29) is 5.78 Å². The van der Waals surface area contributed by atoms with Crippen molar-refractivity contribution in [1.29, 1.82) is 0 Å². The zero-order chi connectivity index (χ0) is 23.3. The number of benzene rings is 2. The van der Waals surface area contributed by atoms with Crippen LogP contribution in [0.5, 0.6) is 17.2 Å². The van der Waals surface area contributed by atoms with Crippen LogP contribution in [-0.4, -0.2) is 43.2 Å². The van der Waals surface area contributed by atoms with Gasteiger partial charge in [0.15, 0.2) is 22.4 Å². The number of carbonyl (C=O) groups excluding carboxylic acids is 1. The molecule has 1 unspecified atom stereocenters. The lowest BCUT2D eigenvalue weighted by Crippen LogP contribution is -2.47. The number of thiocarbonyl (C=S) groups is 1. The van der Waals surface area contributed by atoms with Gasteiger partial charge in [-0.15, -0.1) is 0 Å². The molecule has 32 heavy (non-hydrogen) atoms. The lowest BCUT2D eigenvalue weighted by molar-refractivity contribution is 0.102. The number of ketones is 1. The van der Waals surface area contributed by atoms with Crippen LogP contribution >= 0.6 is 12.2 Å². The molecular formula is C25H30N2O4S. The highest BCUT2D eigenvalue weighted by molar-refractivity contribution is 7.80. The van der Waals surface area contributed by atoms with Crippen molar-refractivity contribution in [3.8, 4) is 17.2 Å². The lowest BCUT2D eigenvalue weighted by atomic mass is 9.88. The second kappa shape index (κ2) is 10.5. The molecule has 170 valence electrons. The highest BCUT2D eigenvalue weighted by atomic mass is 32.1. The maximum Gasteiger partial charge on any atom is 0.203 e. The highest BCUT2D eigenvalue weighted by Gasteiger charge is 2.35. The van der Waals surface area contributed by atoms with Gasteiger partial charge in [0.25, 0.3) is 0 Å². The molecule has 0 fully saturated rings. The number of carbonyl (C=O) groups is 1. The molecule has 0 aliphatic carbocycles. The van der Waals surface area contributed by atoms with Crippen LogP contribution < -0.4 is 19.5 Å². The average Bonchev–Trinajstić information content (AvgIpc) is 2.81. The van der Waals surface area contributed by atoms with E-state index in [0.29, 0.717) is 40.1 Å². The molecule has 2 aromatic carbocycles. The largest absolute Gasteiger partial charge is 0.493 e. The first-order chi connectivity index (χ1) is 15.5. The summed E-state index contributed by atoms with van der Waals surface area (Å²) in [5, 5.41) is 3.97. The Bertz CT molecular complexity index is 995. The molecule has 0 bridgehead atoms. The zero-order valence-corrected chi connectivity index (χ0v) is 20.0. The van der Waals surface area contributed by atoms with E-state index in [9.17, 15) is 4.79 Å². The van der Waals surface area contributed by atoms with Crippen LogP contribution in [0.25, 0.3) is 0 Å². The molecule has 1 atom stereocenters. The molecule has 1 aliphatic heterocycles. The molecule has 0 saturated carbocycles. The van der Waals surface area contributed by atoms with Gasteiger partial charge >= 0.3 is 0 Å². The summed E-state index contributed by atoms with van der Waals surface area (Å²) < 4.78 is 16.9. The lowest BCUT2D eigenvalue weighted by Gasteiger charge is -2.38.